The number of aromatic hydroxyl groups is 1. The molecule has 0 radical (unpaired) electrons. The van der Waals surface area contributed by atoms with Crippen LogP contribution < -0.4 is 14.8 Å². The fourth-order valence-corrected chi connectivity index (χ4v) is 3.24. The Balaban J connectivity index is 1.80. The highest BCUT2D eigenvalue weighted by Crippen LogP contribution is 2.16. The molecule has 0 bridgehead atoms. The van der Waals surface area contributed by atoms with E-state index >= 15 is 0 Å². The molecule has 140 valence electrons. The van der Waals surface area contributed by atoms with Gasteiger partial charge in [0.25, 0.3) is 0 Å². The van der Waals surface area contributed by atoms with Crippen molar-refractivity contribution in [3.8, 4) is 11.5 Å². The number of carbonyl (C=O) groups is 1. The molecule has 2 rings (SSSR count). The molecule has 0 unspecified atom stereocenters. The summed E-state index contributed by atoms with van der Waals surface area (Å²) < 4.78 is 32.0. The lowest BCUT2D eigenvalue weighted by Gasteiger charge is -2.09. The van der Waals surface area contributed by atoms with Crippen molar-refractivity contribution in [1.82, 2.24) is 10.0 Å². The number of amides is 1. The topological polar surface area (TPSA) is 105 Å². The summed E-state index contributed by atoms with van der Waals surface area (Å²) in [6, 6.07) is 12.7. The van der Waals surface area contributed by atoms with Crippen LogP contribution in [-0.4, -0.2) is 32.6 Å². The molecule has 0 saturated carbocycles. The summed E-state index contributed by atoms with van der Waals surface area (Å²) in [5, 5.41) is 12.3. The Labute approximate surface area is 153 Å². The molecule has 0 atom stereocenters. The summed E-state index contributed by atoms with van der Waals surface area (Å²) in [6.45, 7) is 2.50. The summed E-state index contributed by atoms with van der Waals surface area (Å²) in [7, 11) is -3.69. The molecule has 3 N–H and O–H groups in total. The number of ether oxygens (including phenoxy) is 1. The molecule has 0 saturated heterocycles. The van der Waals surface area contributed by atoms with E-state index in [1.165, 1.54) is 18.2 Å². The van der Waals surface area contributed by atoms with E-state index < -0.39 is 10.0 Å². The van der Waals surface area contributed by atoms with Crippen LogP contribution in [0, 0.1) is 0 Å². The van der Waals surface area contributed by atoms with E-state index in [1.54, 1.807) is 30.3 Å². The summed E-state index contributed by atoms with van der Waals surface area (Å²) in [4.78, 5) is 11.9. The minimum absolute atomic E-state index is 0.0101. The number of para-hydroxylation sites is 1. The number of rotatable bonds is 9. The number of hydrogen-bond donors (Lipinski definition) is 3. The summed E-state index contributed by atoms with van der Waals surface area (Å²) in [5.41, 5.74) is 0.593. The minimum Gasteiger partial charge on any atom is -0.508 e. The van der Waals surface area contributed by atoms with Crippen LogP contribution in [0.5, 0.6) is 11.5 Å². The Kier molecular flexibility index (Phi) is 6.99. The van der Waals surface area contributed by atoms with E-state index in [1.807, 2.05) is 6.92 Å². The van der Waals surface area contributed by atoms with E-state index in [4.69, 9.17) is 4.74 Å². The van der Waals surface area contributed by atoms with Gasteiger partial charge in [-0.05, 0) is 37.3 Å². The van der Waals surface area contributed by atoms with Crippen LogP contribution >= 0.6 is 0 Å². The molecule has 2 aromatic rings. The molecule has 0 aliphatic rings. The van der Waals surface area contributed by atoms with Gasteiger partial charge in [-0.2, -0.15) is 0 Å². The fraction of sp³-hybridized carbons (Fsp3) is 0.278. The second-order valence-corrected chi connectivity index (χ2v) is 7.22. The van der Waals surface area contributed by atoms with Crippen LogP contribution in [0.25, 0.3) is 0 Å². The summed E-state index contributed by atoms with van der Waals surface area (Å²) in [5.74, 6) is 0.377. The molecule has 0 fully saturated rings. The van der Waals surface area contributed by atoms with Crippen LogP contribution in [0.4, 0.5) is 0 Å². The average Bonchev–Trinajstić information content (AvgIpc) is 2.62. The van der Waals surface area contributed by atoms with Crippen LogP contribution in [-0.2, 0) is 21.4 Å². The molecule has 0 heterocycles. The Bertz CT molecular complexity index is 835. The SMILES string of the molecule is CCOc1ccc(S(=O)(=O)NCCC(=O)NCc2ccccc2O)cc1. The highest BCUT2D eigenvalue weighted by Gasteiger charge is 2.14. The van der Waals surface area contributed by atoms with Crippen molar-refractivity contribution in [2.45, 2.75) is 24.8 Å². The molecule has 0 aliphatic carbocycles. The second kappa shape index (κ2) is 9.21. The average molecular weight is 378 g/mol. The maximum Gasteiger partial charge on any atom is 0.240 e. The molecular formula is C18H22N2O5S. The van der Waals surface area contributed by atoms with E-state index in [9.17, 15) is 18.3 Å². The molecule has 26 heavy (non-hydrogen) atoms. The monoisotopic (exact) mass is 378 g/mol. The Morgan fingerprint density at radius 1 is 1.12 bits per heavy atom. The van der Waals surface area contributed by atoms with E-state index in [0.29, 0.717) is 17.9 Å². The molecule has 1 amide bonds. The first-order chi connectivity index (χ1) is 12.4. The Morgan fingerprint density at radius 2 is 1.81 bits per heavy atom. The predicted octanol–water partition coefficient (Wildman–Crippen LogP) is 1.78. The van der Waals surface area contributed by atoms with Crippen molar-refractivity contribution in [2.24, 2.45) is 0 Å². The highest BCUT2D eigenvalue weighted by molar-refractivity contribution is 7.89. The van der Waals surface area contributed by atoms with Crippen molar-refractivity contribution in [2.75, 3.05) is 13.2 Å². The molecule has 0 spiro atoms. The largest absolute Gasteiger partial charge is 0.508 e. The third kappa shape index (κ3) is 5.75. The van der Waals surface area contributed by atoms with E-state index in [0.717, 1.165) is 0 Å². The van der Waals surface area contributed by atoms with Crippen LogP contribution in [0.15, 0.2) is 53.4 Å². The van der Waals surface area contributed by atoms with Gasteiger partial charge in [-0.25, -0.2) is 13.1 Å². The lowest BCUT2D eigenvalue weighted by molar-refractivity contribution is -0.121. The minimum atomic E-state index is -3.69. The van der Waals surface area contributed by atoms with Crippen molar-refractivity contribution in [3.63, 3.8) is 0 Å². The third-order valence-electron chi connectivity index (χ3n) is 3.56. The molecular weight excluding hydrogens is 356 g/mol. The van der Waals surface area contributed by atoms with Crippen molar-refractivity contribution >= 4 is 15.9 Å². The highest BCUT2D eigenvalue weighted by atomic mass is 32.2. The van der Waals surface area contributed by atoms with Gasteiger partial charge in [-0.15, -0.1) is 0 Å². The van der Waals surface area contributed by atoms with Gasteiger partial charge in [-0.3, -0.25) is 4.79 Å². The molecule has 0 aromatic heterocycles. The number of sulfonamides is 1. The van der Waals surface area contributed by atoms with Gasteiger partial charge < -0.3 is 15.2 Å². The zero-order chi connectivity index (χ0) is 19.0. The summed E-state index contributed by atoms with van der Waals surface area (Å²) in [6.07, 6.45) is -0.0101. The van der Waals surface area contributed by atoms with Gasteiger partial charge in [0.15, 0.2) is 0 Å². The third-order valence-corrected chi connectivity index (χ3v) is 5.03. The molecule has 7 nitrogen and oxygen atoms in total. The van der Waals surface area contributed by atoms with Gasteiger partial charge >= 0.3 is 0 Å². The van der Waals surface area contributed by atoms with E-state index in [-0.39, 0.29) is 36.1 Å². The zero-order valence-electron chi connectivity index (χ0n) is 14.4. The number of hydrogen-bond acceptors (Lipinski definition) is 5. The van der Waals surface area contributed by atoms with Crippen molar-refractivity contribution in [1.29, 1.82) is 0 Å². The first-order valence-electron chi connectivity index (χ1n) is 8.18. The molecule has 8 heteroatoms. The lowest BCUT2D eigenvalue weighted by atomic mass is 10.2. The van der Waals surface area contributed by atoms with Crippen molar-refractivity contribution in [3.05, 3.63) is 54.1 Å². The number of phenolic OH excluding ortho intramolecular Hbond substituents is 1. The van der Waals surface area contributed by atoms with Gasteiger partial charge in [-0.1, -0.05) is 18.2 Å². The van der Waals surface area contributed by atoms with Crippen LogP contribution in [0.1, 0.15) is 18.9 Å². The standard InChI is InChI=1S/C18H22N2O5S/c1-2-25-15-7-9-16(10-8-15)26(23,24)20-12-11-18(22)19-13-14-5-3-4-6-17(14)21/h3-10,20-21H,2,11-13H2,1H3,(H,19,22). The van der Waals surface area contributed by atoms with Gasteiger partial charge in [0.2, 0.25) is 15.9 Å². The van der Waals surface area contributed by atoms with Gasteiger partial charge in [0, 0.05) is 25.1 Å². The second-order valence-electron chi connectivity index (χ2n) is 5.46. The van der Waals surface area contributed by atoms with Crippen molar-refractivity contribution < 1.29 is 23.1 Å². The quantitative estimate of drug-likeness (QED) is 0.617. The maximum absolute atomic E-state index is 12.2. The molecule has 2 aromatic carbocycles. The fourth-order valence-electron chi connectivity index (χ4n) is 2.21. The Hall–Kier alpha value is -2.58. The predicted molar refractivity (Wildman–Crippen MR) is 97.4 cm³/mol. The first kappa shape index (κ1) is 19.7. The van der Waals surface area contributed by atoms with Gasteiger partial charge in [0.05, 0.1) is 11.5 Å². The van der Waals surface area contributed by atoms with E-state index in [2.05, 4.69) is 10.0 Å². The zero-order valence-corrected chi connectivity index (χ0v) is 15.3. The van der Waals surface area contributed by atoms with Gasteiger partial charge in [0.1, 0.15) is 11.5 Å². The number of benzene rings is 2. The van der Waals surface area contributed by atoms with Crippen LogP contribution in [0.3, 0.4) is 0 Å². The smallest absolute Gasteiger partial charge is 0.240 e. The molecule has 0 aliphatic heterocycles. The Morgan fingerprint density at radius 3 is 2.46 bits per heavy atom. The number of nitrogens with one attached hydrogen (secondary N) is 2. The number of phenols is 1. The maximum atomic E-state index is 12.2. The normalized spacial score (nSPS) is 11.1. The van der Waals surface area contributed by atoms with Crippen LogP contribution in [0.2, 0.25) is 0 Å². The number of carbonyl (C=O) groups excluding carboxylic acids is 1. The summed E-state index contributed by atoms with van der Waals surface area (Å²) >= 11 is 0. The lowest BCUT2D eigenvalue weighted by Crippen LogP contribution is -2.30. The first-order valence-corrected chi connectivity index (χ1v) is 9.67.